The number of nitrogens with one attached hydrogen (secondary N) is 1. The van der Waals surface area contributed by atoms with E-state index in [4.69, 9.17) is 0 Å². The van der Waals surface area contributed by atoms with Crippen LogP contribution in [0.2, 0.25) is 0 Å². The molecule has 0 bridgehead atoms. The smallest absolute Gasteiger partial charge is 0.288 e. The number of rotatable bonds is 6. The van der Waals surface area contributed by atoms with Gasteiger partial charge in [-0.25, -0.2) is 12.8 Å². The van der Waals surface area contributed by atoms with Crippen LogP contribution >= 0.6 is 0 Å². The molecule has 2 aromatic rings. The minimum absolute atomic E-state index is 0.198. The van der Waals surface area contributed by atoms with E-state index in [0.29, 0.717) is 17.7 Å². The maximum absolute atomic E-state index is 13.7. The van der Waals surface area contributed by atoms with Gasteiger partial charge in [-0.3, -0.25) is 10.1 Å². The monoisotopic (exact) mass is 352 g/mol. The Morgan fingerprint density at radius 2 is 1.92 bits per heavy atom. The Bertz CT molecular complexity index is 868. The first-order chi connectivity index (χ1) is 11.2. The zero-order valence-corrected chi connectivity index (χ0v) is 14.0. The average Bonchev–Trinajstić information content (AvgIpc) is 2.48. The van der Waals surface area contributed by atoms with E-state index in [-0.39, 0.29) is 16.8 Å². The number of benzene rings is 2. The molecule has 6 nitrogen and oxygen atoms in total. The zero-order chi connectivity index (χ0) is 17.9. The summed E-state index contributed by atoms with van der Waals surface area (Å²) in [5, 5.41) is 14.0. The molecule has 0 aromatic heterocycles. The van der Waals surface area contributed by atoms with Crippen LogP contribution in [0.5, 0.6) is 0 Å². The van der Waals surface area contributed by atoms with Crippen LogP contribution in [0.3, 0.4) is 0 Å². The van der Waals surface area contributed by atoms with Gasteiger partial charge < -0.3 is 5.32 Å². The van der Waals surface area contributed by atoms with E-state index in [1.54, 1.807) is 18.2 Å². The fourth-order valence-electron chi connectivity index (χ4n) is 2.38. The highest BCUT2D eigenvalue weighted by molar-refractivity contribution is 7.90. The molecule has 0 saturated heterocycles. The third-order valence-electron chi connectivity index (χ3n) is 3.45. The lowest BCUT2D eigenvalue weighted by atomic mass is 10.1. The average molecular weight is 352 g/mol. The highest BCUT2D eigenvalue weighted by atomic mass is 32.2. The Labute approximate surface area is 139 Å². The molecule has 8 heteroatoms. The molecule has 0 amide bonds. The van der Waals surface area contributed by atoms with Crippen LogP contribution in [-0.4, -0.2) is 25.6 Å². The maximum Gasteiger partial charge on any atom is 0.288 e. The summed E-state index contributed by atoms with van der Waals surface area (Å²) in [5.41, 5.74) is 0.484. The third kappa shape index (κ3) is 4.29. The Balaban J connectivity index is 2.24. The Kier molecular flexibility index (Phi) is 5.18. The van der Waals surface area contributed by atoms with Crippen LogP contribution in [0.1, 0.15) is 12.5 Å². The minimum Gasteiger partial charge on any atom is -0.382 e. The van der Waals surface area contributed by atoms with Gasteiger partial charge in [-0.2, -0.15) is 0 Å². The summed E-state index contributed by atoms with van der Waals surface area (Å²) in [5.74, 6) is -0.313. The third-order valence-corrected chi connectivity index (χ3v) is 4.58. The summed E-state index contributed by atoms with van der Waals surface area (Å²) in [6.07, 6.45) is 1.31. The van der Waals surface area contributed by atoms with Crippen molar-refractivity contribution in [1.82, 2.24) is 0 Å². The lowest BCUT2D eigenvalue weighted by molar-refractivity contribution is -0.387. The second-order valence-corrected chi connectivity index (χ2v) is 7.54. The van der Waals surface area contributed by atoms with E-state index in [2.05, 4.69) is 5.32 Å². The number of hydrogen-bond acceptors (Lipinski definition) is 5. The molecule has 24 heavy (non-hydrogen) atoms. The summed E-state index contributed by atoms with van der Waals surface area (Å²) < 4.78 is 37.2. The van der Waals surface area contributed by atoms with Crippen LogP contribution in [0.15, 0.2) is 47.4 Å². The summed E-state index contributed by atoms with van der Waals surface area (Å²) in [6, 6.07) is 9.99. The lowest BCUT2D eigenvalue weighted by Gasteiger charge is -2.16. The minimum atomic E-state index is -3.74. The number of anilines is 1. The van der Waals surface area contributed by atoms with E-state index in [1.165, 1.54) is 18.2 Å². The highest BCUT2D eigenvalue weighted by Crippen LogP contribution is 2.27. The van der Waals surface area contributed by atoms with Crippen molar-refractivity contribution in [3.8, 4) is 0 Å². The van der Waals surface area contributed by atoms with Crippen molar-refractivity contribution < 1.29 is 17.7 Å². The standard InChI is InChI=1S/C16H17FN2O4S/c1-11(9-12-5-3-4-6-14(12)17)18-13-7-8-15(19(20)21)16(10-13)24(2,22)23/h3-8,10-11,18H,9H2,1-2H3. The van der Waals surface area contributed by atoms with Crippen LogP contribution in [0, 0.1) is 15.9 Å². The van der Waals surface area contributed by atoms with E-state index in [9.17, 15) is 22.9 Å². The first kappa shape index (κ1) is 17.9. The molecule has 1 N–H and O–H groups in total. The molecule has 2 aromatic carbocycles. The van der Waals surface area contributed by atoms with Crippen molar-refractivity contribution in [3.63, 3.8) is 0 Å². The molecule has 0 radical (unpaired) electrons. The maximum atomic E-state index is 13.7. The molecule has 0 heterocycles. The topological polar surface area (TPSA) is 89.3 Å². The molecule has 1 atom stereocenters. The molecule has 0 aliphatic heterocycles. The molecule has 1 unspecified atom stereocenters. The molecular weight excluding hydrogens is 335 g/mol. The molecule has 0 spiro atoms. The van der Waals surface area contributed by atoms with Crippen LogP contribution in [0.4, 0.5) is 15.8 Å². The van der Waals surface area contributed by atoms with Gasteiger partial charge in [0.1, 0.15) is 10.7 Å². The van der Waals surface area contributed by atoms with Crippen molar-refractivity contribution in [1.29, 1.82) is 0 Å². The number of nitro benzene ring substituents is 1. The summed E-state index contributed by atoms with van der Waals surface area (Å²) >= 11 is 0. The van der Waals surface area contributed by atoms with Crippen LogP contribution < -0.4 is 5.32 Å². The predicted molar refractivity (Wildman–Crippen MR) is 89.4 cm³/mol. The number of nitrogens with zero attached hydrogens (tertiary/aromatic N) is 1. The van der Waals surface area contributed by atoms with Crippen molar-refractivity contribution in [2.75, 3.05) is 11.6 Å². The normalized spacial score (nSPS) is 12.6. The van der Waals surface area contributed by atoms with Crippen molar-refractivity contribution >= 4 is 21.2 Å². The largest absolute Gasteiger partial charge is 0.382 e. The van der Waals surface area contributed by atoms with E-state index >= 15 is 0 Å². The molecule has 0 fully saturated rings. The van der Waals surface area contributed by atoms with Crippen LogP contribution in [0.25, 0.3) is 0 Å². The first-order valence-corrected chi connectivity index (χ1v) is 9.06. The van der Waals surface area contributed by atoms with E-state index in [1.807, 2.05) is 6.92 Å². The van der Waals surface area contributed by atoms with Crippen LogP contribution in [-0.2, 0) is 16.3 Å². The molecule has 2 rings (SSSR count). The van der Waals surface area contributed by atoms with Gasteiger partial charge in [-0.05, 0) is 37.1 Å². The van der Waals surface area contributed by atoms with Gasteiger partial charge in [0.25, 0.3) is 5.69 Å². The molecule has 128 valence electrons. The summed E-state index contributed by atoms with van der Waals surface area (Å²) in [7, 11) is -3.74. The van der Waals surface area contributed by atoms with E-state index < -0.39 is 20.4 Å². The Morgan fingerprint density at radius 3 is 2.50 bits per heavy atom. The number of sulfone groups is 1. The Hall–Kier alpha value is -2.48. The predicted octanol–water partition coefficient (Wildman–Crippen LogP) is 3.18. The second kappa shape index (κ2) is 6.96. The summed E-state index contributed by atoms with van der Waals surface area (Å²) in [6.45, 7) is 1.81. The van der Waals surface area contributed by atoms with Crippen molar-refractivity contribution in [2.24, 2.45) is 0 Å². The van der Waals surface area contributed by atoms with Gasteiger partial charge in [0.15, 0.2) is 9.84 Å². The first-order valence-electron chi connectivity index (χ1n) is 7.17. The quantitative estimate of drug-likeness (QED) is 0.637. The number of hydrogen-bond donors (Lipinski definition) is 1. The summed E-state index contributed by atoms with van der Waals surface area (Å²) in [4.78, 5) is 9.88. The fourth-order valence-corrected chi connectivity index (χ4v) is 3.24. The second-order valence-electron chi connectivity index (χ2n) is 5.55. The Morgan fingerprint density at radius 1 is 1.25 bits per heavy atom. The van der Waals surface area contributed by atoms with Crippen molar-refractivity contribution in [3.05, 3.63) is 64.0 Å². The number of halogens is 1. The SMILES string of the molecule is CC(Cc1ccccc1F)Nc1ccc([N+](=O)[O-])c(S(C)(=O)=O)c1. The number of nitro groups is 1. The molecular formula is C16H17FN2O4S. The van der Waals surface area contributed by atoms with Gasteiger partial charge in [0.05, 0.1) is 4.92 Å². The van der Waals surface area contributed by atoms with E-state index in [0.717, 1.165) is 12.3 Å². The highest BCUT2D eigenvalue weighted by Gasteiger charge is 2.22. The molecule has 0 aliphatic carbocycles. The molecule has 0 aliphatic rings. The fraction of sp³-hybridized carbons (Fsp3) is 0.250. The molecule has 0 saturated carbocycles. The van der Waals surface area contributed by atoms with Crippen molar-refractivity contribution in [2.45, 2.75) is 24.3 Å². The zero-order valence-electron chi connectivity index (χ0n) is 13.2. The van der Waals surface area contributed by atoms with Gasteiger partial charge >= 0.3 is 0 Å². The van der Waals surface area contributed by atoms with Gasteiger partial charge in [0, 0.05) is 24.1 Å². The van der Waals surface area contributed by atoms with Gasteiger partial charge in [-0.15, -0.1) is 0 Å². The lowest BCUT2D eigenvalue weighted by Crippen LogP contribution is -2.19. The van der Waals surface area contributed by atoms with Gasteiger partial charge in [0.2, 0.25) is 0 Å². The van der Waals surface area contributed by atoms with Gasteiger partial charge in [-0.1, -0.05) is 18.2 Å².